The van der Waals surface area contributed by atoms with Gasteiger partial charge in [0.2, 0.25) is 0 Å². The molecule has 1 heterocycles. The van der Waals surface area contributed by atoms with Crippen LogP contribution in [0.5, 0.6) is 0 Å². The molecular formula is C15H24FN3O. The number of piperazine rings is 1. The number of hydrogen-bond donors (Lipinski definition) is 2. The molecule has 1 aromatic carbocycles. The first-order chi connectivity index (χ1) is 9.67. The van der Waals surface area contributed by atoms with Gasteiger partial charge < -0.3 is 15.3 Å². The van der Waals surface area contributed by atoms with Crippen molar-refractivity contribution in [3.63, 3.8) is 0 Å². The summed E-state index contributed by atoms with van der Waals surface area (Å²) in [6.45, 7) is 6.24. The van der Waals surface area contributed by atoms with E-state index in [0.717, 1.165) is 37.4 Å². The van der Waals surface area contributed by atoms with Crippen LogP contribution in [0, 0.1) is 5.82 Å². The summed E-state index contributed by atoms with van der Waals surface area (Å²) in [5, 5.41) is 12.2. The molecule has 2 N–H and O–H groups in total. The number of aliphatic hydroxyl groups excluding tert-OH is 1. The van der Waals surface area contributed by atoms with Crippen molar-refractivity contribution in [2.45, 2.75) is 13.0 Å². The molecule has 1 unspecified atom stereocenters. The molecule has 0 saturated carbocycles. The summed E-state index contributed by atoms with van der Waals surface area (Å²) < 4.78 is 14.3. The number of aliphatic hydroxyl groups is 1. The Balaban J connectivity index is 2.16. The Labute approximate surface area is 120 Å². The molecule has 0 radical (unpaired) electrons. The fourth-order valence-electron chi connectivity index (χ4n) is 2.71. The van der Waals surface area contributed by atoms with E-state index >= 15 is 0 Å². The van der Waals surface area contributed by atoms with Crippen LogP contribution in [0.25, 0.3) is 0 Å². The number of β-amino-alcohol motifs (C(OH)–C–C–N with tert-alkyl or cyclic N) is 1. The Bertz CT molecular complexity index is 433. The Morgan fingerprint density at radius 3 is 2.60 bits per heavy atom. The van der Waals surface area contributed by atoms with Crippen molar-refractivity contribution >= 4 is 5.69 Å². The van der Waals surface area contributed by atoms with Gasteiger partial charge in [-0.25, -0.2) is 4.39 Å². The molecule has 4 nitrogen and oxygen atoms in total. The second-order valence-electron chi connectivity index (χ2n) is 5.24. The number of rotatable bonds is 5. The zero-order valence-electron chi connectivity index (χ0n) is 12.3. The molecule has 0 amide bonds. The van der Waals surface area contributed by atoms with Gasteiger partial charge >= 0.3 is 0 Å². The Kier molecular flexibility index (Phi) is 5.34. The van der Waals surface area contributed by atoms with Crippen LogP contribution in [-0.2, 0) is 0 Å². The molecular weight excluding hydrogens is 257 g/mol. The number of para-hydroxylation sites is 1. The van der Waals surface area contributed by atoms with Crippen molar-refractivity contribution in [2.75, 3.05) is 51.3 Å². The topological polar surface area (TPSA) is 38.7 Å². The molecule has 0 aromatic heterocycles. The lowest BCUT2D eigenvalue weighted by Gasteiger charge is -2.37. The predicted octanol–water partition coefficient (Wildman–Crippen LogP) is 1.22. The molecule has 20 heavy (non-hydrogen) atoms. The fraction of sp³-hybridized carbons (Fsp3) is 0.600. The number of halogens is 1. The fourth-order valence-corrected chi connectivity index (χ4v) is 2.71. The largest absolute Gasteiger partial charge is 0.395 e. The van der Waals surface area contributed by atoms with Crippen LogP contribution >= 0.6 is 0 Å². The third-order valence-corrected chi connectivity index (χ3v) is 4.02. The maximum absolute atomic E-state index is 14.3. The number of benzene rings is 1. The van der Waals surface area contributed by atoms with Gasteiger partial charge in [-0.1, -0.05) is 12.1 Å². The number of nitrogens with one attached hydrogen (secondary N) is 1. The van der Waals surface area contributed by atoms with E-state index in [9.17, 15) is 4.39 Å². The van der Waals surface area contributed by atoms with E-state index in [4.69, 9.17) is 5.11 Å². The molecule has 0 spiro atoms. The highest BCUT2D eigenvalue weighted by Crippen LogP contribution is 2.30. The van der Waals surface area contributed by atoms with Crippen molar-refractivity contribution in [2.24, 2.45) is 0 Å². The summed E-state index contributed by atoms with van der Waals surface area (Å²) in [6.07, 6.45) is 0. The van der Waals surface area contributed by atoms with Gasteiger partial charge in [0.15, 0.2) is 0 Å². The maximum Gasteiger partial charge on any atom is 0.146 e. The average Bonchev–Trinajstić information content (AvgIpc) is 2.47. The number of anilines is 1. The van der Waals surface area contributed by atoms with Gasteiger partial charge in [-0.15, -0.1) is 0 Å². The monoisotopic (exact) mass is 281 g/mol. The third kappa shape index (κ3) is 3.29. The van der Waals surface area contributed by atoms with Crippen LogP contribution in [0.3, 0.4) is 0 Å². The molecule has 1 aliphatic rings. The highest BCUT2D eigenvalue weighted by atomic mass is 19.1. The molecule has 1 saturated heterocycles. The zero-order valence-corrected chi connectivity index (χ0v) is 12.3. The Morgan fingerprint density at radius 1 is 1.30 bits per heavy atom. The Morgan fingerprint density at radius 2 is 2.00 bits per heavy atom. The van der Waals surface area contributed by atoms with Crippen LogP contribution in [0.2, 0.25) is 0 Å². The summed E-state index contributed by atoms with van der Waals surface area (Å²) in [6, 6.07) is 5.40. The van der Waals surface area contributed by atoms with E-state index in [1.165, 1.54) is 6.07 Å². The minimum atomic E-state index is -0.153. The second kappa shape index (κ2) is 7.02. The lowest BCUT2D eigenvalue weighted by Crippen LogP contribution is -2.47. The molecule has 0 aliphatic carbocycles. The molecule has 0 bridgehead atoms. The summed E-state index contributed by atoms with van der Waals surface area (Å²) >= 11 is 0. The van der Waals surface area contributed by atoms with Gasteiger partial charge in [0.05, 0.1) is 12.3 Å². The molecule has 1 fully saturated rings. The van der Waals surface area contributed by atoms with Crippen molar-refractivity contribution in [3.8, 4) is 0 Å². The highest BCUT2D eigenvalue weighted by Gasteiger charge is 2.23. The summed E-state index contributed by atoms with van der Waals surface area (Å²) in [7, 11) is 1.89. The van der Waals surface area contributed by atoms with Crippen LogP contribution in [-0.4, -0.2) is 56.4 Å². The predicted molar refractivity (Wildman–Crippen MR) is 79.6 cm³/mol. The molecule has 112 valence electrons. The number of nitrogens with zero attached hydrogens (tertiary/aromatic N) is 2. The van der Waals surface area contributed by atoms with Gasteiger partial charge in [-0.05, 0) is 25.6 Å². The lowest BCUT2D eigenvalue weighted by molar-refractivity contribution is 0.188. The molecule has 5 heteroatoms. The zero-order chi connectivity index (χ0) is 14.5. The molecule has 1 aromatic rings. The van der Waals surface area contributed by atoms with Crippen molar-refractivity contribution in [1.82, 2.24) is 10.2 Å². The van der Waals surface area contributed by atoms with E-state index in [0.29, 0.717) is 6.54 Å². The minimum absolute atomic E-state index is 0.121. The number of hydrogen-bond acceptors (Lipinski definition) is 4. The van der Waals surface area contributed by atoms with Crippen LogP contribution in [0.15, 0.2) is 18.2 Å². The SMILES string of the molecule is CNC(C)c1cccc(F)c1N1CCN(CCO)CC1. The maximum atomic E-state index is 14.3. The van der Waals surface area contributed by atoms with Crippen molar-refractivity contribution < 1.29 is 9.50 Å². The summed E-state index contributed by atoms with van der Waals surface area (Å²) in [5.74, 6) is -0.153. The van der Waals surface area contributed by atoms with E-state index < -0.39 is 0 Å². The Hall–Kier alpha value is -1.17. The first-order valence-corrected chi connectivity index (χ1v) is 7.21. The molecule has 2 rings (SSSR count). The second-order valence-corrected chi connectivity index (χ2v) is 5.24. The van der Waals surface area contributed by atoms with Crippen LogP contribution < -0.4 is 10.2 Å². The van der Waals surface area contributed by atoms with Gasteiger partial charge in [-0.2, -0.15) is 0 Å². The molecule has 1 atom stereocenters. The van der Waals surface area contributed by atoms with Gasteiger partial charge in [0.1, 0.15) is 5.82 Å². The van der Waals surface area contributed by atoms with Crippen LogP contribution in [0.1, 0.15) is 18.5 Å². The third-order valence-electron chi connectivity index (χ3n) is 4.02. The van der Waals surface area contributed by atoms with Gasteiger partial charge in [0.25, 0.3) is 0 Å². The van der Waals surface area contributed by atoms with Gasteiger partial charge in [-0.3, -0.25) is 4.90 Å². The minimum Gasteiger partial charge on any atom is -0.395 e. The van der Waals surface area contributed by atoms with E-state index in [1.54, 1.807) is 6.07 Å². The van der Waals surface area contributed by atoms with E-state index in [-0.39, 0.29) is 18.5 Å². The first kappa shape index (κ1) is 15.2. The summed E-state index contributed by atoms with van der Waals surface area (Å²) in [5.41, 5.74) is 1.72. The lowest BCUT2D eigenvalue weighted by atomic mass is 10.0. The smallest absolute Gasteiger partial charge is 0.146 e. The highest BCUT2D eigenvalue weighted by molar-refractivity contribution is 5.56. The van der Waals surface area contributed by atoms with Crippen molar-refractivity contribution in [1.29, 1.82) is 0 Å². The standard InChI is InChI=1S/C15H24FN3O/c1-12(17-2)13-4-3-5-14(16)15(13)19-8-6-18(7-9-19)10-11-20/h3-5,12,17,20H,6-11H2,1-2H3. The van der Waals surface area contributed by atoms with Crippen molar-refractivity contribution in [3.05, 3.63) is 29.6 Å². The van der Waals surface area contributed by atoms with Gasteiger partial charge in [0, 0.05) is 38.8 Å². The molecule has 1 aliphatic heterocycles. The summed E-state index contributed by atoms with van der Waals surface area (Å²) in [4.78, 5) is 4.32. The van der Waals surface area contributed by atoms with Crippen LogP contribution in [0.4, 0.5) is 10.1 Å². The van der Waals surface area contributed by atoms with E-state index in [2.05, 4.69) is 15.1 Å². The quantitative estimate of drug-likeness (QED) is 0.851. The first-order valence-electron chi connectivity index (χ1n) is 7.21. The normalized spacial score (nSPS) is 18.3. The average molecular weight is 281 g/mol. The van der Waals surface area contributed by atoms with E-state index in [1.807, 2.05) is 20.0 Å².